The first kappa shape index (κ1) is 14.0. The molecule has 0 spiro atoms. The molecule has 1 atom stereocenters. The Morgan fingerprint density at radius 2 is 2.37 bits per heavy atom. The molecule has 1 N–H and O–H groups in total. The molecule has 0 aliphatic heterocycles. The lowest BCUT2D eigenvalue weighted by molar-refractivity contribution is 0.0527. The molecule has 2 aromatic rings. The number of anilines is 1. The number of hydrogen-bond acceptors (Lipinski definition) is 6. The zero-order valence-electron chi connectivity index (χ0n) is 11.1. The van der Waals surface area contributed by atoms with Gasteiger partial charge in [-0.2, -0.15) is 15.7 Å². The Bertz CT molecular complexity index is 549. The second kappa shape index (κ2) is 6.16. The maximum atomic E-state index is 11.9. The fraction of sp³-hybridized carbons (Fsp3) is 0.385. The van der Waals surface area contributed by atoms with Gasteiger partial charge >= 0.3 is 5.97 Å². The fourth-order valence-corrected chi connectivity index (χ4v) is 3.34. The number of aryl methyl sites for hydroxylation is 1. The Labute approximate surface area is 120 Å². The number of hydrogen-bond donors (Lipinski definition) is 1. The molecule has 6 heteroatoms. The molecule has 0 saturated heterocycles. The van der Waals surface area contributed by atoms with Crippen LogP contribution >= 0.6 is 22.9 Å². The SMILES string of the molecule is CCOC(=O)c1c(C)nsc1NC(C)c1ccsc1. The molecule has 2 heterocycles. The van der Waals surface area contributed by atoms with Crippen LogP contribution < -0.4 is 5.32 Å². The molecule has 0 aliphatic rings. The van der Waals surface area contributed by atoms with E-state index in [0.29, 0.717) is 17.9 Å². The molecule has 2 rings (SSSR count). The summed E-state index contributed by atoms with van der Waals surface area (Å²) < 4.78 is 9.31. The highest BCUT2D eigenvalue weighted by molar-refractivity contribution is 7.10. The van der Waals surface area contributed by atoms with Crippen molar-refractivity contribution in [3.63, 3.8) is 0 Å². The van der Waals surface area contributed by atoms with Gasteiger partial charge in [-0.25, -0.2) is 4.79 Å². The lowest BCUT2D eigenvalue weighted by atomic mass is 10.2. The van der Waals surface area contributed by atoms with E-state index in [9.17, 15) is 4.79 Å². The number of ether oxygens (including phenoxy) is 1. The summed E-state index contributed by atoms with van der Waals surface area (Å²) in [5.74, 6) is -0.311. The van der Waals surface area contributed by atoms with E-state index < -0.39 is 0 Å². The molecular formula is C13H16N2O2S2. The largest absolute Gasteiger partial charge is 0.462 e. The summed E-state index contributed by atoms with van der Waals surface area (Å²) in [7, 11) is 0. The van der Waals surface area contributed by atoms with Crippen LogP contribution in [0, 0.1) is 6.92 Å². The van der Waals surface area contributed by atoms with Crippen molar-refractivity contribution in [3.05, 3.63) is 33.6 Å². The summed E-state index contributed by atoms with van der Waals surface area (Å²) in [6, 6.07) is 2.21. The Balaban J connectivity index is 2.19. The first-order valence-corrected chi connectivity index (χ1v) is 7.77. The normalized spacial score (nSPS) is 12.2. The summed E-state index contributed by atoms with van der Waals surface area (Å²) >= 11 is 2.96. The lowest BCUT2D eigenvalue weighted by Gasteiger charge is -2.13. The Morgan fingerprint density at radius 1 is 1.58 bits per heavy atom. The number of carbonyl (C=O) groups is 1. The molecule has 102 valence electrons. The van der Waals surface area contributed by atoms with Gasteiger partial charge in [0.05, 0.1) is 18.3 Å². The third-order valence-electron chi connectivity index (χ3n) is 2.73. The summed E-state index contributed by atoms with van der Waals surface area (Å²) in [5.41, 5.74) is 2.46. The number of carbonyl (C=O) groups excluding carboxylic acids is 1. The zero-order chi connectivity index (χ0) is 13.8. The average molecular weight is 296 g/mol. The van der Waals surface area contributed by atoms with Gasteiger partial charge in [0, 0.05) is 0 Å². The predicted octanol–water partition coefficient (Wildman–Crippen LogP) is 3.86. The van der Waals surface area contributed by atoms with Crippen molar-refractivity contribution in [2.24, 2.45) is 0 Å². The van der Waals surface area contributed by atoms with Crippen LogP contribution in [0.5, 0.6) is 0 Å². The van der Waals surface area contributed by atoms with Gasteiger partial charge in [-0.05, 0) is 54.7 Å². The first-order valence-electron chi connectivity index (χ1n) is 6.05. The maximum absolute atomic E-state index is 11.9. The highest BCUT2D eigenvalue weighted by atomic mass is 32.1. The molecule has 19 heavy (non-hydrogen) atoms. The number of aromatic nitrogens is 1. The number of rotatable bonds is 5. The van der Waals surface area contributed by atoms with E-state index in [-0.39, 0.29) is 12.0 Å². The van der Waals surface area contributed by atoms with Crippen molar-refractivity contribution in [1.29, 1.82) is 0 Å². The van der Waals surface area contributed by atoms with Gasteiger partial charge in [-0.15, -0.1) is 0 Å². The van der Waals surface area contributed by atoms with E-state index in [1.165, 1.54) is 17.1 Å². The molecule has 0 aromatic carbocycles. The van der Waals surface area contributed by atoms with Gasteiger partial charge in [-0.3, -0.25) is 0 Å². The van der Waals surface area contributed by atoms with Gasteiger partial charge in [0.25, 0.3) is 0 Å². The van der Waals surface area contributed by atoms with Crippen LogP contribution in [0.15, 0.2) is 16.8 Å². The summed E-state index contributed by atoms with van der Waals surface area (Å²) in [6.07, 6.45) is 0. The highest BCUT2D eigenvalue weighted by Gasteiger charge is 2.21. The standard InChI is InChI=1S/C13H16N2O2S2/c1-4-17-13(16)11-9(3)15-19-12(11)14-8(2)10-5-6-18-7-10/h5-8,14H,4H2,1-3H3. The lowest BCUT2D eigenvalue weighted by Crippen LogP contribution is -2.11. The van der Waals surface area contributed by atoms with Crippen molar-refractivity contribution in [2.75, 3.05) is 11.9 Å². The van der Waals surface area contributed by atoms with Gasteiger partial charge in [0.15, 0.2) is 0 Å². The fourth-order valence-electron chi connectivity index (χ4n) is 1.71. The van der Waals surface area contributed by atoms with Crippen LogP contribution in [-0.4, -0.2) is 16.9 Å². The quantitative estimate of drug-likeness (QED) is 0.851. The van der Waals surface area contributed by atoms with Crippen LogP contribution in [0.3, 0.4) is 0 Å². The molecule has 4 nitrogen and oxygen atoms in total. The van der Waals surface area contributed by atoms with Crippen LogP contribution in [0.25, 0.3) is 0 Å². The van der Waals surface area contributed by atoms with Crippen LogP contribution in [0.1, 0.15) is 41.5 Å². The minimum absolute atomic E-state index is 0.138. The van der Waals surface area contributed by atoms with Crippen molar-refractivity contribution in [1.82, 2.24) is 4.37 Å². The summed E-state index contributed by atoms with van der Waals surface area (Å²) in [4.78, 5) is 11.9. The smallest absolute Gasteiger partial charge is 0.343 e. The van der Waals surface area contributed by atoms with E-state index in [1.807, 2.05) is 12.3 Å². The van der Waals surface area contributed by atoms with Gasteiger partial charge in [0.2, 0.25) is 0 Å². The minimum atomic E-state index is -0.311. The molecule has 0 bridgehead atoms. The molecule has 0 saturated carbocycles. The molecule has 1 unspecified atom stereocenters. The number of thiophene rings is 1. The molecule has 0 amide bonds. The summed E-state index contributed by atoms with van der Waals surface area (Å²) in [5, 5.41) is 8.24. The van der Waals surface area contributed by atoms with E-state index in [4.69, 9.17) is 4.74 Å². The van der Waals surface area contributed by atoms with E-state index >= 15 is 0 Å². The van der Waals surface area contributed by atoms with E-state index in [1.54, 1.807) is 18.3 Å². The summed E-state index contributed by atoms with van der Waals surface area (Å²) in [6.45, 7) is 6.05. The van der Waals surface area contributed by atoms with Crippen LogP contribution in [0.4, 0.5) is 5.00 Å². The molecule has 0 radical (unpaired) electrons. The first-order chi connectivity index (χ1) is 9.13. The molecule has 2 aromatic heterocycles. The van der Waals surface area contributed by atoms with Gasteiger partial charge in [-0.1, -0.05) is 0 Å². The van der Waals surface area contributed by atoms with Crippen molar-refractivity contribution < 1.29 is 9.53 Å². The zero-order valence-corrected chi connectivity index (χ0v) is 12.7. The third kappa shape index (κ3) is 3.13. The minimum Gasteiger partial charge on any atom is -0.462 e. The van der Waals surface area contributed by atoms with E-state index in [0.717, 1.165) is 5.00 Å². The Hall–Kier alpha value is -1.40. The molecule has 0 fully saturated rings. The predicted molar refractivity (Wildman–Crippen MR) is 79.2 cm³/mol. The van der Waals surface area contributed by atoms with Crippen molar-refractivity contribution in [2.45, 2.75) is 26.8 Å². The van der Waals surface area contributed by atoms with Crippen molar-refractivity contribution >= 4 is 33.8 Å². The van der Waals surface area contributed by atoms with E-state index in [2.05, 4.69) is 28.1 Å². The second-order valence-corrected chi connectivity index (χ2v) is 5.67. The van der Waals surface area contributed by atoms with Crippen molar-refractivity contribution in [3.8, 4) is 0 Å². The van der Waals surface area contributed by atoms with Crippen LogP contribution in [-0.2, 0) is 4.74 Å². The Morgan fingerprint density at radius 3 is 3.00 bits per heavy atom. The second-order valence-electron chi connectivity index (χ2n) is 4.12. The number of nitrogens with zero attached hydrogens (tertiary/aromatic N) is 1. The molecular weight excluding hydrogens is 280 g/mol. The average Bonchev–Trinajstić information content (AvgIpc) is 2.99. The van der Waals surface area contributed by atoms with Crippen LogP contribution in [0.2, 0.25) is 0 Å². The van der Waals surface area contributed by atoms with Gasteiger partial charge in [0.1, 0.15) is 10.6 Å². The third-order valence-corrected chi connectivity index (χ3v) is 4.30. The van der Waals surface area contributed by atoms with Gasteiger partial charge < -0.3 is 10.1 Å². The topological polar surface area (TPSA) is 51.2 Å². The maximum Gasteiger partial charge on any atom is 0.343 e. The highest BCUT2D eigenvalue weighted by Crippen LogP contribution is 2.29. The monoisotopic (exact) mass is 296 g/mol. The number of nitrogens with one attached hydrogen (secondary N) is 1. The Kier molecular flexibility index (Phi) is 4.55. The molecule has 0 aliphatic carbocycles. The number of esters is 1.